The summed E-state index contributed by atoms with van der Waals surface area (Å²) in [7, 11) is 0. The minimum atomic E-state index is -0.423. The predicted octanol–water partition coefficient (Wildman–Crippen LogP) is 28.7. The van der Waals surface area contributed by atoms with Gasteiger partial charge in [0.25, 0.3) is 0 Å². The third-order valence-corrected chi connectivity index (χ3v) is 20.5. The first-order valence-electron chi connectivity index (χ1n) is 41.9. The first-order chi connectivity index (χ1) is 57.2. The van der Waals surface area contributed by atoms with Gasteiger partial charge in [0, 0.05) is 21.5 Å². The van der Waals surface area contributed by atoms with E-state index in [0.29, 0.717) is 44.5 Å². The molecule has 0 radical (unpaired) electrons. The molecule has 2 aromatic heterocycles. The first kappa shape index (κ1) is 43.8. The van der Waals surface area contributed by atoms with Crippen molar-refractivity contribution in [1.29, 1.82) is 0 Å². The molecule has 0 saturated carbocycles. The van der Waals surface area contributed by atoms with Crippen LogP contribution in [0, 0.1) is 0 Å². The zero-order valence-corrected chi connectivity index (χ0v) is 54.2. The van der Waals surface area contributed by atoms with Crippen LogP contribution in [0.1, 0.15) is 21.9 Å². The molecule has 0 aliphatic heterocycles. The molecule has 22 rings (SSSR count). The number of hydrogen-bond acceptors (Lipinski definition) is 2. The third kappa shape index (κ3) is 9.27. The molecule has 0 atom stereocenters. The van der Waals surface area contributed by atoms with Crippen LogP contribution in [0.15, 0.2) is 372 Å². The summed E-state index contributed by atoms with van der Waals surface area (Å²) >= 11 is 0. The van der Waals surface area contributed by atoms with Gasteiger partial charge in [0.15, 0.2) is 0 Å². The van der Waals surface area contributed by atoms with Gasteiger partial charge in [0.05, 0.1) is 21.9 Å². The van der Waals surface area contributed by atoms with Gasteiger partial charge in [-0.1, -0.05) is 297 Å². The van der Waals surface area contributed by atoms with E-state index in [1.165, 1.54) is 0 Å². The van der Waals surface area contributed by atoms with Gasteiger partial charge in [-0.3, -0.25) is 0 Å². The molecule has 22 aromatic rings. The minimum absolute atomic E-state index is 0.194. The number of fused-ring (bicyclic) bond motifs is 18. The highest BCUT2D eigenvalue weighted by atomic mass is 16.3. The van der Waals surface area contributed by atoms with E-state index in [4.69, 9.17) is 19.8 Å². The normalized spacial score (nSPS) is 14.1. The molecule has 0 amide bonds. The molecular formula is C100H60O2. The predicted molar refractivity (Wildman–Crippen MR) is 435 cm³/mol. The molecule has 0 unspecified atom stereocenters. The van der Waals surface area contributed by atoms with Crippen LogP contribution in [0.2, 0.25) is 0 Å². The van der Waals surface area contributed by atoms with Crippen LogP contribution >= 0.6 is 0 Å². The Bertz CT molecular complexity index is 8120. The molecule has 2 heterocycles. The number of benzene rings is 20. The highest BCUT2D eigenvalue weighted by Gasteiger charge is 2.22. The molecule has 20 aromatic carbocycles. The molecule has 0 aliphatic carbocycles. The van der Waals surface area contributed by atoms with Crippen molar-refractivity contribution in [3.05, 3.63) is 364 Å². The van der Waals surface area contributed by atoms with Crippen molar-refractivity contribution in [3.63, 3.8) is 0 Å². The van der Waals surface area contributed by atoms with E-state index in [9.17, 15) is 11.0 Å². The van der Waals surface area contributed by atoms with E-state index in [1.807, 2.05) is 182 Å². The average Bonchev–Trinajstić information content (AvgIpc) is 0.962. The Balaban J connectivity index is 0.000000147. The van der Waals surface area contributed by atoms with Gasteiger partial charge in [-0.05, 0) is 241 Å². The van der Waals surface area contributed by atoms with Gasteiger partial charge in [-0.2, -0.15) is 0 Å². The first-order valence-corrected chi connectivity index (χ1v) is 33.9. The fourth-order valence-corrected chi connectivity index (χ4v) is 15.8. The van der Waals surface area contributed by atoms with Gasteiger partial charge >= 0.3 is 0 Å². The summed E-state index contributed by atoms with van der Waals surface area (Å²) in [6.45, 7) is 0. The minimum Gasteiger partial charge on any atom is -0.456 e. The van der Waals surface area contributed by atoms with Crippen LogP contribution in [0.5, 0.6) is 0 Å². The van der Waals surface area contributed by atoms with Gasteiger partial charge in [0.2, 0.25) is 0 Å². The average molecular weight is 1310 g/mol. The van der Waals surface area contributed by atoms with Crippen molar-refractivity contribution in [2.24, 2.45) is 0 Å². The highest BCUT2D eigenvalue weighted by molar-refractivity contribution is 6.26. The summed E-state index contributed by atoms with van der Waals surface area (Å²) < 4.78 is 158. The molecule has 2 heteroatoms. The number of furan rings is 2. The smallest absolute Gasteiger partial charge is 0.136 e. The fraction of sp³-hybridized carbons (Fsp3) is 0. The van der Waals surface area contributed by atoms with Gasteiger partial charge < -0.3 is 8.83 Å². The number of rotatable bonds is 6. The van der Waals surface area contributed by atoms with Gasteiger partial charge in [0.1, 0.15) is 22.3 Å². The zero-order valence-electron chi connectivity index (χ0n) is 70.2. The molecule has 2 nitrogen and oxygen atoms in total. The summed E-state index contributed by atoms with van der Waals surface area (Å²) in [5.74, 6) is 0. The summed E-state index contributed by atoms with van der Waals surface area (Å²) in [6.07, 6.45) is 0. The maximum absolute atomic E-state index is 9.36. The van der Waals surface area contributed by atoms with E-state index in [0.717, 1.165) is 131 Å². The van der Waals surface area contributed by atoms with E-state index < -0.39 is 48.3 Å². The monoisotopic (exact) mass is 1310 g/mol. The maximum atomic E-state index is 9.36. The molecule has 472 valence electrons. The van der Waals surface area contributed by atoms with Crippen molar-refractivity contribution in [3.8, 4) is 66.8 Å². The lowest BCUT2D eigenvalue weighted by atomic mass is 9.84. The molecule has 0 fully saturated rings. The van der Waals surface area contributed by atoms with Crippen molar-refractivity contribution < 1.29 is 30.8 Å². The SMILES string of the molecule is [2H]c1c([2H])c([2H])c2c(-c3ccc4cc(-c5ccc6c(c5)oc5ccc7ccccc7c56)ccc4c3)c3c([2H])c([2H])c([2H])c([2H])c3c(-c3ccc4ccccc4c3)c2c1[2H].[2H]c1c([2H])c([2H])c2c(-c3cccc4ccccc34)c3c([2H])c([2H])c([2H])c([2H])c3c(-c3ccc4cc(-c5ccc6c(c5)oc5ccc7ccccc7c56)ccc4c3)c2c1[2H]. The zero-order chi connectivity index (χ0) is 80.9. The highest BCUT2D eigenvalue weighted by Crippen LogP contribution is 2.49. The lowest BCUT2D eigenvalue weighted by molar-refractivity contribution is 0.669. The van der Waals surface area contributed by atoms with Gasteiger partial charge in [-0.25, -0.2) is 0 Å². The molecule has 0 saturated heterocycles. The summed E-state index contributed by atoms with van der Waals surface area (Å²) in [5, 5.41) is 17.5. The molecule has 102 heavy (non-hydrogen) atoms. The maximum Gasteiger partial charge on any atom is 0.136 e. The van der Waals surface area contributed by atoms with Crippen LogP contribution in [0.4, 0.5) is 0 Å². The van der Waals surface area contributed by atoms with Crippen LogP contribution in [-0.2, 0) is 0 Å². The Labute approximate surface area is 609 Å². The van der Waals surface area contributed by atoms with E-state index in [2.05, 4.69) is 84.9 Å². The van der Waals surface area contributed by atoms with Crippen molar-refractivity contribution in [2.75, 3.05) is 0 Å². The fourth-order valence-electron chi connectivity index (χ4n) is 15.8. The van der Waals surface area contributed by atoms with Crippen LogP contribution in [0.25, 0.3) is 218 Å². The quantitative estimate of drug-likeness (QED) is 0.155. The lowest BCUT2D eigenvalue weighted by Gasteiger charge is -2.19. The lowest BCUT2D eigenvalue weighted by Crippen LogP contribution is -1.91. The Morgan fingerprint density at radius 1 is 0.176 bits per heavy atom. The molecule has 0 N–H and O–H groups in total. The van der Waals surface area contributed by atoms with E-state index in [1.54, 1.807) is 0 Å². The van der Waals surface area contributed by atoms with Crippen molar-refractivity contribution in [2.45, 2.75) is 0 Å². The van der Waals surface area contributed by atoms with Crippen molar-refractivity contribution in [1.82, 2.24) is 0 Å². The van der Waals surface area contributed by atoms with Crippen LogP contribution < -0.4 is 0 Å². The number of hydrogen-bond donors (Lipinski definition) is 0. The Kier molecular flexibility index (Phi) is 9.92. The second-order valence-electron chi connectivity index (χ2n) is 26.1. The van der Waals surface area contributed by atoms with E-state index in [-0.39, 0.29) is 91.4 Å². The van der Waals surface area contributed by atoms with Crippen LogP contribution in [0.3, 0.4) is 0 Å². The molecular weight excluding hydrogens is 1230 g/mol. The Morgan fingerprint density at radius 3 is 0.882 bits per heavy atom. The molecule has 0 bridgehead atoms. The summed E-state index contributed by atoms with van der Waals surface area (Å²) in [5.41, 5.74) is 10.9. The second-order valence-corrected chi connectivity index (χ2v) is 26.1. The second kappa shape index (κ2) is 23.1. The molecule has 0 spiro atoms. The topological polar surface area (TPSA) is 26.3 Å². The molecule has 0 aliphatic rings. The Morgan fingerprint density at radius 2 is 0.461 bits per heavy atom. The van der Waals surface area contributed by atoms with Crippen LogP contribution in [-0.4, -0.2) is 0 Å². The van der Waals surface area contributed by atoms with Gasteiger partial charge in [-0.15, -0.1) is 0 Å². The van der Waals surface area contributed by atoms with E-state index >= 15 is 0 Å². The van der Waals surface area contributed by atoms with Crippen molar-refractivity contribution >= 4 is 152 Å². The largest absolute Gasteiger partial charge is 0.456 e. The third-order valence-electron chi connectivity index (χ3n) is 20.5. The Hall–Kier alpha value is -13.4. The standard InChI is InChI=1S/2C50H30O/c1-3-13-38-31(10-1)12-9-19-40(38)49-43-17-7-5-15-41(43)48(42-16-6-8-18-44(42)49)37-23-22-33-28-34(20-21-35(33)29-37)36-24-26-45-47(30-36)51-46-27-25-32-11-2-4-14-39(32)50(45)46;1-2-11-33-28-38(21-17-31(33)9-1)48-41-13-5-7-15-43(41)49(44-16-8-6-14-42(44)48)39-22-20-34-27-35(18-19-36(34)29-39)37-23-25-45-47(30-37)51-46-26-24-32-10-3-4-12-40(32)50(45)46/h2*1-30H/i5D,6D,7D,8D,15D,16D,17D,18D;5D,6D,7D,8D,13D,14D,15D,16D. The summed E-state index contributed by atoms with van der Waals surface area (Å²) in [4.78, 5) is 0. The summed E-state index contributed by atoms with van der Waals surface area (Å²) in [6, 6.07) is 82.2.